The van der Waals surface area contributed by atoms with Gasteiger partial charge in [-0.2, -0.15) is 5.10 Å². The fourth-order valence-corrected chi connectivity index (χ4v) is 1.56. The lowest BCUT2D eigenvalue weighted by molar-refractivity contribution is 0.509. The second-order valence-corrected chi connectivity index (χ2v) is 4.21. The highest BCUT2D eigenvalue weighted by atomic mass is 32.1. The van der Waals surface area contributed by atoms with Gasteiger partial charge >= 0.3 is 0 Å². The summed E-state index contributed by atoms with van der Waals surface area (Å²) >= 11 is 4.66. The van der Waals surface area contributed by atoms with Crippen LogP contribution in [0.2, 0.25) is 0 Å². The average Bonchev–Trinajstić information content (AvgIpc) is 2.25. The molecule has 0 bridgehead atoms. The van der Waals surface area contributed by atoms with Crippen molar-refractivity contribution in [2.45, 2.75) is 33.1 Å². The van der Waals surface area contributed by atoms with Gasteiger partial charge in [-0.15, -0.1) is 0 Å². The van der Waals surface area contributed by atoms with Crippen LogP contribution in [0, 0.1) is 5.41 Å². The molecule has 3 N–H and O–H groups in total. The lowest BCUT2D eigenvalue weighted by atomic mass is 9.90. The first kappa shape index (κ1) is 9.45. The first-order chi connectivity index (χ1) is 5.52. The molecule has 3 nitrogen and oxygen atoms in total. The lowest BCUT2D eigenvalue weighted by Crippen LogP contribution is -2.28. The molecule has 0 radical (unpaired) electrons. The zero-order valence-corrected chi connectivity index (χ0v) is 8.37. The second kappa shape index (κ2) is 3.39. The fraction of sp³-hybridized carbons (Fsp3) is 0.750. The summed E-state index contributed by atoms with van der Waals surface area (Å²) in [7, 11) is 0. The van der Waals surface area contributed by atoms with Crippen LogP contribution in [0.5, 0.6) is 0 Å². The van der Waals surface area contributed by atoms with E-state index >= 15 is 0 Å². The minimum absolute atomic E-state index is 0.220. The van der Waals surface area contributed by atoms with E-state index in [-0.39, 0.29) is 10.5 Å². The number of thiocarbonyl (C=S) groups is 1. The Morgan fingerprint density at radius 1 is 1.67 bits per heavy atom. The Morgan fingerprint density at radius 2 is 2.33 bits per heavy atom. The highest BCUT2D eigenvalue weighted by Gasteiger charge is 2.30. The third kappa shape index (κ3) is 2.17. The van der Waals surface area contributed by atoms with Gasteiger partial charge in [-0.05, 0) is 31.5 Å². The molecule has 1 saturated carbocycles. The zero-order valence-electron chi connectivity index (χ0n) is 7.55. The largest absolute Gasteiger partial charge is 0.375 e. The smallest absolute Gasteiger partial charge is 0.184 e. The molecular weight excluding hydrogens is 170 g/mol. The molecule has 0 saturated heterocycles. The van der Waals surface area contributed by atoms with Crippen LogP contribution in [-0.4, -0.2) is 10.8 Å². The first-order valence-corrected chi connectivity index (χ1v) is 4.56. The topological polar surface area (TPSA) is 50.4 Å². The van der Waals surface area contributed by atoms with Crippen LogP contribution in [0.3, 0.4) is 0 Å². The van der Waals surface area contributed by atoms with Crippen molar-refractivity contribution in [3.05, 3.63) is 0 Å². The predicted octanol–water partition coefficient (Wildman–Crippen LogP) is 1.39. The number of hydrogen-bond acceptors (Lipinski definition) is 2. The van der Waals surface area contributed by atoms with Crippen LogP contribution in [-0.2, 0) is 0 Å². The van der Waals surface area contributed by atoms with E-state index in [0.29, 0.717) is 0 Å². The third-order valence-corrected chi connectivity index (χ3v) is 2.39. The van der Waals surface area contributed by atoms with Crippen molar-refractivity contribution in [2.75, 3.05) is 0 Å². The van der Waals surface area contributed by atoms with Crippen LogP contribution in [0.25, 0.3) is 0 Å². The summed E-state index contributed by atoms with van der Waals surface area (Å²) in [6, 6.07) is 0. The normalized spacial score (nSPS) is 24.3. The third-order valence-electron chi connectivity index (χ3n) is 2.30. The summed E-state index contributed by atoms with van der Waals surface area (Å²) in [5.41, 5.74) is 9.31. The maximum absolute atomic E-state index is 5.27. The van der Waals surface area contributed by atoms with Gasteiger partial charge in [0, 0.05) is 11.1 Å². The van der Waals surface area contributed by atoms with Crippen molar-refractivity contribution in [1.82, 2.24) is 5.43 Å². The Bertz CT molecular complexity index is 220. The Balaban J connectivity index is 2.62. The fourth-order valence-electron chi connectivity index (χ4n) is 1.51. The van der Waals surface area contributed by atoms with Crippen molar-refractivity contribution in [3.63, 3.8) is 0 Å². The molecule has 0 aromatic rings. The van der Waals surface area contributed by atoms with E-state index in [1.165, 1.54) is 18.6 Å². The molecule has 0 aliphatic heterocycles. The molecule has 0 heterocycles. The Kier molecular flexibility index (Phi) is 2.67. The highest BCUT2D eigenvalue weighted by molar-refractivity contribution is 7.80. The van der Waals surface area contributed by atoms with Crippen LogP contribution in [0.15, 0.2) is 5.10 Å². The van der Waals surface area contributed by atoms with Gasteiger partial charge in [0.25, 0.3) is 0 Å². The lowest BCUT2D eigenvalue weighted by Gasteiger charge is -2.17. The van der Waals surface area contributed by atoms with Gasteiger partial charge in [0.15, 0.2) is 5.11 Å². The Morgan fingerprint density at radius 3 is 2.75 bits per heavy atom. The minimum atomic E-state index is 0.220. The summed E-state index contributed by atoms with van der Waals surface area (Å²) in [5.74, 6) is 0. The molecule has 1 aliphatic rings. The SMILES string of the molecule is CC1(C)CCCC1=NNC(N)=S. The average molecular weight is 185 g/mol. The summed E-state index contributed by atoms with van der Waals surface area (Å²) in [5, 5.41) is 4.42. The van der Waals surface area contributed by atoms with Crippen molar-refractivity contribution in [2.24, 2.45) is 16.3 Å². The number of nitrogens with zero attached hydrogens (tertiary/aromatic N) is 1. The maximum atomic E-state index is 5.27. The van der Waals surface area contributed by atoms with E-state index in [1.54, 1.807) is 0 Å². The van der Waals surface area contributed by atoms with E-state index in [9.17, 15) is 0 Å². The second-order valence-electron chi connectivity index (χ2n) is 3.77. The van der Waals surface area contributed by atoms with E-state index < -0.39 is 0 Å². The summed E-state index contributed by atoms with van der Waals surface area (Å²) in [6.07, 6.45) is 3.47. The number of hydrazone groups is 1. The number of nitrogens with two attached hydrogens (primary N) is 1. The molecule has 1 aliphatic carbocycles. The molecule has 0 unspecified atom stereocenters. The zero-order chi connectivity index (χ0) is 9.19. The van der Waals surface area contributed by atoms with Crippen molar-refractivity contribution >= 4 is 23.0 Å². The number of hydrogen-bond donors (Lipinski definition) is 2. The van der Waals surface area contributed by atoms with Gasteiger partial charge in [-0.3, -0.25) is 5.43 Å². The molecule has 68 valence electrons. The van der Waals surface area contributed by atoms with Gasteiger partial charge < -0.3 is 5.73 Å². The summed E-state index contributed by atoms with van der Waals surface area (Å²) in [6.45, 7) is 4.39. The van der Waals surface area contributed by atoms with E-state index in [2.05, 4.69) is 36.6 Å². The molecule has 0 spiro atoms. The molecular formula is C8H15N3S. The van der Waals surface area contributed by atoms with E-state index in [4.69, 9.17) is 5.73 Å². The molecule has 4 heteroatoms. The van der Waals surface area contributed by atoms with Crippen molar-refractivity contribution in [3.8, 4) is 0 Å². The standard InChI is InChI=1S/C8H15N3S/c1-8(2)5-3-4-6(8)10-11-7(9)12/h3-5H2,1-2H3,(H3,9,11,12). The summed E-state index contributed by atoms with van der Waals surface area (Å²) in [4.78, 5) is 0. The molecule has 1 fully saturated rings. The molecule has 0 aromatic heterocycles. The number of nitrogens with one attached hydrogen (secondary N) is 1. The molecule has 1 rings (SSSR count). The van der Waals surface area contributed by atoms with Crippen molar-refractivity contribution in [1.29, 1.82) is 0 Å². The van der Waals surface area contributed by atoms with Gasteiger partial charge in [0.1, 0.15) is 0 Å². The minimum Gasteiger partial charge on any atom is -0.375 e. The van der Waals surface area contributed by atoms with E-state index in [0.717, 1.165) is 6.42 Å². The summed E-state index contributed by atoms with van der Waals surface area (Å²) < 4.78 is 0. The predicted molar refractivity (Wildman–Crippen MR) is 55.0 cm³/mol. The van der Waals surface area contributed by atoms with Crippen LogP contribution < -0.4 is 11.2 Å². The van der Waals surface area contributed by atoms with Gasteiger partial charge in [-0.1, -0.05) is 13.8 Å². The van der Waals surface area contributed by atoms with Gasteiger partial charge in [0.05, 0.1) is 0 Å². The highest BCUT2D eigenvalue weighted by Crippen LogP contribution is 2.34. The van der Waals surface area contributed by atoms with Crippen LogP contribution in [0.1, 0.15) is 33.1 Å². The Hall–Kier alpha value is -0.640. The molecule has 12 heavy (non-hydrogen) atoms. The van der Waals surface area contributed by atoms with E-state index in [1.807, 2.05) is 0 Å². The van der Waals surface area contributed by atoms with Gasteiger partial charge in [0.2, 0.25) is 0 Å². The Labute approximate surface area is 78.4 Å². The molecule has 0 aromatic carbocycles. The molecule has 0 amide bonds. The van der Waals surface area contributed by atoms with Gasteiger partial charge in [-0.25, -0.2) is 0 Å². The monoisotopic (exact) mass is 185 g/mol. The van der Waals surface area contributed by atoms with Crippen LogP contribution >= 0.6 is 12.2 Å². The van der Waals surface area contributed by atoms with Crippen molar-refractivity contribution < 1.29 is 0 Å². The maximum Gasteiger partial charge on any atom is 0.184 e. The molecule has 0 atom stereocenters. The quantitative estimate of drug-likeness (QED) is 0.479. The number of rotatable bonds is 1. The van der Waals surface area contributed by atoms with Crippen LogP contribution in [0.4, 0.5) is 0 Å². The first-order valence-electron chi connectivity index (χ1n) is 4.15.